The summed E-state index contributed by atoms with van der Waals surface area (Å²) in [5.41, 5.74) is 0. The van der Waals surface area contributed by atoms with Gasteiger partial charge in [-0.05, 0) is 52.0 Å². The minimum Gasteiger partial charge on any atom is -0.301 e. The first-order valence-corrected chi connectivity index (χ1v) is 6.43. The molecule has 2 fully saturated rings. The lowest BCUT2D eigenvalue weighted by Crippen LogP contribution is -2.40. The number of hydrogen-bond acceptors (Lipinski definition) is 2. The van der Waals surface area contributed by atoms with Crippen LogP contribution in [0, 0.1) is 11.8 Å². The molecule has 0 amide bonds. The van der Waals surface area contributed by atoms with E-state index in [1.54, 1.807) is 0 Å². The number of nitrogens with zero attached hydrogens (tertiary/aromatic N) is 1. The van der Waals surface area contributed by atoms with Crippen molar-refractivity contribution in [2.45, 2.75) is 52.0 Å². The summed E-state index contributed by atoms with van der Waals surface area (Å²) in [6.45, 7) is 6.89. The highest BCUT2D eigenvalue weighted by Crippen LogP contribution is 2.33. The Morgan fingerprint density at radius 3 is 2.67 bits per heavy atom. The lowest BCUT2D eigenvalue weighted by Gasteiger charge is -2.35. The molecular formula is C13H23NO. The molecule has 0 aromatic carbocycles. The maximum atomic E-state index is 11.7. The Morgan fingerprint density at radius 1 is 1.33 bits per heavy atom. The third kappa shape index (κ3) is 3.04. The molecule has 1 atom stereocenters. The average Bonchev–Trinajstić information content (AvgIpc) is 3.01. The molecule has 2 nitrogen and oxygen atoms in total. The van der Waals surface area contributed by atoms with E-state index in [0.29, 0.717) is 23.7 Å². The molecule has 1 aliphatic heterocycles. The molecule has 15 heavy (non-hydrogen) atoms. The van der Waals surface area contributed by atoms with E-state index in [1.807, 2.05) is 0 Å². The molecule has 1 aliphatic carbocycles. The van der Waals surface area contributed by atoms with Gasteiger partial charge in [0.2, 0.25) is 0 Å². The van der Waals surface area contributed by atoms with Crippen molar-refractivity contribution in [2.24, 2.45) is 11.8 Å². The summed E-state index contributed by atoms with van der Waals surface area (Å²) in [5, 5.41) is 0. The molecule has 0 aromatic rings. The number of hydrogen-bond donors (Lipinski definition) is 0. The van der Waals surface area contributed by atoms with E-state index in [-0.39, 0.29) is 0 Å². The number of rotatable bonds is 4. The fourth-order valence-corrected chi connectivity index (χ4v) is 2.59. The van der Waals surface area contributed by atoms with Gasteiger partial charge in [0.15, 0.2) is 0 Å². The number of ketones is 1. The molecule has 2 aliphatic rings. The monoisotopic (exact) mass is 209 g/mol. The summed E-state index contributed by atoms with van der Waals surface area (Å²) < 4.78 is 0. The minimum atomic E-state index is 0.458. The van der Waals surface area contributed by atoms with Gasteiger partial charge in [0.05, 0.1) is 0 Å². The third-order valence-electron chi connectivity index (χ3n) is 3.80. The van der Waals surface area contributed by atoms with Crippen molar-refractivity contribution >= 4 is 5.78 Å². The van der Waals surface area contributed by atoms with Gasteiger partial charge in [0.1, 0.15) is 5.78 Å². The van der Waals surface area contributed by atoms with E-state index < -0.39 is 0 Å². The fraction of sp³-hybridized carbons (Fsp3) is 0.923. The van der Waals surface area contributed by atoms with E-state index in [1.165, 1.54) is 32.2 Å². The Bertz CT molecular complexity index is 233. The van der Waals surface area contributed by atoms with Gasteiger partial charge in [-0.2, -0.15) is 0 Å². The fourth-order valence-electron chi connectivity index (χ4n) is 2.59. The number of Topliss-reactive ketones (excluding diaryl/α,β-unsaturated/α-hetero) is 1. The quantitative estimate of drug-likeness (QED) is 0.709. The molecule has 2 heteroatoms. The normalized spacial score (nSPS) is 28.3. The zero-order chi connectivity index (χ0) is 10.8. The van der Waals surface area contributed by atoms with E-state index in [9.17, 15) is 4.79 Å². The first-order valence-electron chi connectivity index (χ1n) is 6.43. The van der Waals surface area contributed by atoms with Crippen LogP contribution in [-0.4, -0.2) is 29.8 Å². The summed E-state index contributed by atoms with van der Waals surface area (Å²) in [4.78, 5) is 14.3. The molecular weight excluding hydrogens is 186 g/mol. The Morgan fingerprint density at radius 2 is 2.07 bits per heavy atom. The van der Waals surface area contributed by atoms with Crippen molar-refractivity contribution in [3.8, 4) is 0 Å². The van der Waals surface area contributed by atoms with Crippen molar-refractivity contribution in [3.05, 3.63) is 0 Å². The van der Waals surface area contributed by atoms with Crippen molar-refractivity contribution < 1.29 is 4.79 Å². The van der Waals surface area contributed by atoms with Crippen molar-refractivity contribution in [2.75, 3.05) is 13.1 Å². The first-order chi connectivity index (χ1) is 7.16. The van der Waals surface area contributed by atoms with Gasteiger partial charge < -0.3 is 4.90 Å². The number of carbonyl (C=O) groups is 1. The van der Waals surface area contributed by atoms with Crippen LogP contribution in [0.2, 0.25) is 0 Å². The second-order valence-electron chi connectivity index (χ2n) is 5.54. The van der Waals surface area contributed by atoms with Crippen LogP contribution in [0.1, 0.15) is 46.0 Å². The first kappa shape index (κ1) is 11.1. The molecule has 86 valence electrons. The average molecular weight is 209 g/mol. The van der Waals surface area contributed by atoms with E-state index in [0.717, 1.165) is 13.0 Å². The van der Waals surface area contributed by atoms with Crippen molar-refractivity contribution in [1.82, 2.24) is 4.90 Å². The summed E-state index contributed by atoms with van der Waals surface area (Å²) in [5.74, 6) is 1.65. The molecule has 1 saturated carbocycles. The van der Waals surface area contributed by atoms with Gasteiger partial charge in [-0.3, -0.25) is 4.79 Å². The van der Waals surface area contributed by atoms with Gasteiger partial charge in [-0.25, -0.2) is 0 Å². The van der Waals surface area contributed by atoms with Crippen LogP contribution in [-0.2, 0) is 4.79 Å². The Hall–Kier alpha value is -0.370. The largest absolute Gasteiger partial charge is 0.301 e. The highest BCUT2D eigenvalue weighted by Gasteiger charge is 2.32. The predicted molar refractivity (Wildman–Crippen MR) is 61.8 cm³/mol. The number of carbonyl (C=O) groups excluding carboxylic acids is 1. The Labute approximate surface area is 93.0 Å². The van der Waals surface area contributed by atoms with Crippen molar-refractivity contribution in [3.63, 3.8) is 0 Å². The lowest BCUT2D eigenvalue weighted by atomic mass is 9.91. The predicted octanol–water partition coefficient (Wildman–Crippen LogP) is 2.48. The van der Waals surface area contributed by atoms with Crippen molar-refractivity contribution in [1.29, 1.82) is 0 Å². The molecule has 0 radical (unpaired) electrons. The Balaban J connectivity index is 1.79. The number of likely N-dealkylation sites (tertiary alicyclic amines) is 1. The highest BCUT2D eigenvalue weighted by atomic mass is 16.1. The van der Waals surface area contributed by atoms with Crippen LogP contribution in [0.4, 0.5) is 0 Å². The summed E-state index contributed by atoms with van der Waals surface area (Å²) >= 11 is 0. The molecule has 0 spiro atoms. The molecule has 0 N–H and O–H groups in total. The topological polar surface area (TPSA) is 20.3 Å². The summed E-state index contributed by atoms with van der Waals surface area (Å²) in [7, 11) is 0. The van der Waals surface area contributed by atoms with Crippen LogP contribution in [0.5, 0.6) is 0 Å². The van der Waals surface area contributed by atoms with Gasteiger partial charge in [-0.1, -0.05) is 0 Å². The molecule has 2 rings (SSSR count). The molecule has 0 unspecified atom stereocenters. The van der Waals surface area contributed by atoms with E-state index >= 15 is 0 Å². The molecule has 1 saturated heterocycles. The summed E-state index contributed by atoms with van der Waals surface area (Å²) in [6, 6.07) is 0.642. The van der Waals surface area contributed by atoms with Crippen LogP contribution < -0.4 is 0 Å². The molecule has 1 heterocycles. The number of piperidine rings is 1. The maximum Gasteiger partial charge on any atom is 0.136 e. The lowest BCUT2D eigenvalue weighted by molar-refractivity contribution is -0.121. The minimum absolute atomic E-state index is 0.458. The van der Waals surface area contributed by atoms with E-state index in [4.69, 9.17) is 0 Å². The van der Waals surface area contributed by atoms with Crippen LogP contribution in [0.15, 0.2) is 0 Å². The van der Waals surface area contributed by atoms with Gasteiger partial charge in [0.25, 0.3) is 0 Å². The van der Waals surface area contributed by atoms with Crippen LogP contribution in [0.25, 0.3) is 0 Å². The van der Waals surface area contributed by atoms with Crippen LogP contribution >= 0.6 is 0 Å². The molecule has 0 bridgehead atoms. The SMILES string of the molecule is CC(C)N1CCC[C@@H](CC(=O)C2CC2)C1. The smallest absolute Gasteiger partial charge is 0.136 e. The third-order valence-corrected chi connectivity index (χ3v) is 3.80. The standard InChI is InChI=1S/C13H23NO/c1-10(2)14-7-3-4-11(9-14)8-13(15)12-5-6-12/h10-12H,3-9H2,1-2H3/t11-/m0/s1. The Kier molecular flexibility index (Phi) is 3.45. The van der Waals surface area contributed by atoms with E-state index in [2.05, 4.69) is 18.7 Å². The zero-order valence-corrected chi connectivity index (χ0v) is 10.0. The second-order valence-corrected chi connectivity index (χ2v) is 5.54. The second kappa shape index (κ2) is 4.65. The van der Waals surface area contributed by atoms with Gasteiger partial charge >= 0.3 is 0 Å². The molecule has 0 aromatic heterocycles. The maximum absolute atomic E-state index is 11.7. The summed E-state index contributed by atoms with van der Waals surface area (Å²) in [6.07, 6.45) is 5.73. The highest BCUT2D eigenvalue weighted by molar-refractivity contribution is 5.83. The zero-order valence-electron chi connectivity index (χ0n) is 10.0. The van der Waals surface area contributed by atoms with Gasteiger partial charge in [0, 0.05) is 24.9 Å². The van der Waals surface area contributed by atoms with Gasteiger partial charge in [-0.15, -0.1) is 0 Å². The van der Waals surface area contributed by atoms with Crippen LogP contribution in [0.3, 0.4) is 0 Å².